The maximum Gasteiger partial charge on any atom is 0.129 e. The largest absolute Gasteiger partial charge is 0.330 e. The van der Waals surface area contributed by atoms with Gasteiger partial charge in [0.25, 0.3) is 0 Å². The van der Waals surface area contributed by atoms with E-state index in [2.05, 4.69) is 0 Å². The lowest BCUT2D eigenvalue weighted by molar-refractivity contribution is 0.423. The highest BCUT2D eigenvalue weighted by atomic mass is 19.1. The van der Waals surface area contributed by atoms with Crippen LogP contribution >= 0.6 is 0 Å². The molecule has 1 aromatic carbocycles. The molecule has 1 nitrogen and oxygen atoms in total. The number of nitrogens with two attached hydrogens (primary N) is 1. The number of hydrogen-bond donors (Lipinski definition) is 1. The van der Waals surface area contributed by atoms with Crippen LogP contribution in [0.5, 0.6) is 0 Å². The van der Waals surface area contributed by atoms with Crippen molar-refractivity contribution in [3.05, 3.63) is 34.9 Å². The Morgan fingerprint density at radius 3 is 2.38 bits per heavy atom. The van der Waals surface area contributed by atoms with E-state index in [1.165, 1.54) is 0 Å². The van der Waals surface area contributed by atoms with Crippen LogP contribution in [0.25, 0.3) is 0 Å². The molecular formula is C13H17F2N. The van der Waals surface area contributed by atoms with E-state index in [4.69, 9.17) is 5.73 Å². The molecule has 0 aromatic heterocycles. The van der Waals surface area contributed by atoms with Crippen molar-refractivity contribution in [2.45, 2.75) is 38.0 Å². The molecule has 88 valence electrons. The zero-order valence-electron chi connectivity index (χ0n) is 9.52. The molecule has 1 aliphatic carbocycles. The van der Waals surface area contributed by atoms with Crippen molar-refractivity contribution in [2.24, 2.45) is 5.73 Å². The number of rotatable bonds is 2. The Morgan fingerprint density at radius 1 is 1.19 bits per heavy atom. The molecule has 0 heterocycles. The molecule has 0 aliphatic heterocycles. The summed E-state index contributed by atoms with van der Waals surface area (Å²) in [6, 6.07) is 2.61. The van der Waals surface area contributed by atoms with Gasteiger partial charge in [-0.25, -0.2) is 8.78 Å². The van der Waals surface area contributed by atoms with Crippen molar-refractivity contribution >= 4 is 0 Å². The first-order valence-electron chi connectivity index (χ1n) is 5.75. The number of aryl methyl sites for hydroxylation is 1. The standard InChI is InChI=1S/C13H17F2N/c1-9-6-10(12(15)7-11(9)14)13(8-16)4-2-3-5-13/h6-7H,2-5,8,16H2,1H3. The summed E-state index contributed by atoms with van der Waals surface area (Å²) < 4.78 is 27.0. The fraction of sp³-hybridized carbons (Fsp3) is 0.538. The van der Waals surface area contributed by atoms with E-state index in [1.807, 2.05) is 0 Å². The SMILES string of the molecule is Cc1cc(C2(CN)CCCC2)c(F)cc1F. The molecule has 0 amide bonds. The van der Waals surface area contributed by atoms with Gasteiger partial charge in [0.15, 0.2) is 0 Å². The normalized spacial score (nSPS) is 19.0. The van der Waals surface area contributed by atoms with Crippen molar-refractivity contribution in [3.63, 3.8) is 0 Å². The van der Waals surface area contributed by atoms with Crippen LogP contribution < -0.4 is 5.73 Å². The molecule has 0 saturated heterocycles. The third-order valence-electron chi connectivity index (χ3n) is 3.77. The topological polar surface area (TPSA) is 26.0 Å². The van der Waals surface area contributed by atoms with Crippen molar-refractivity contribution in [3.8, 4) is 0 Å². The van der Waals surface area contributed by atoms with Gasteiger partial charge in [0.1, 0.15) is 11.6 Å². The highest BCUT2D eigenvalue weighted by Crippen LogP contribution is 2.41. The predicted molar refractivity (Wildman–Crippen MR) is 60.3 cm³/mol. The number of benzene rings is 1. The second-order valence-corrected chi connectivity index (χ2v) is 4.77. The zero-order valence-corrected chi connectivity index (χ0v) is 9.52. The highest BCUT2D eigenvalue weighted by molar-refractivity contribution is 5.33. The summed E-state index contributed by atoms with van der Waals surface area (Å²) in [5, 5.41) is 0. The number of halogens is 2. The Hall–Kier alpha value is -0.960. The minimum absolute atomic E-state index is 0.261. The van der Waals surface area contributed by atoms with Gasteiger partial charge in [-0.05, 0) is 37.0 Å². The Kier molecular flexibility index (Phi) is 2.98. The van der Waals surface area contributed by atoms with Crippen LogP contribution in [0.2, 0.25) is 0 Å². The summed E-state index contributed by atoms with van der Waals surface area (Å²) in [4.78, 5) is 0. The van der Waals surface area contributed by atoms with Gasteiger partial charge in [0.2, 0.25) is 0 Å². The molecular weight excluding hydrogens is 208 g/mol. The summed E-state index contributed by atoms with van der Waals surface area (Å²) in [6.45, 7) is 2.10. The maximum absolute atomic E-state index is 13.8. The van der Waals surface area contributed by atoms with Crippen LogP contribution in [0, 0.1) is 18.6 Å². The lowest BCUT2D eigenvalue weighted by Gasteiger charge is -2.28. The molecule has 0 unspecified atom stereocenters. The Bertz CT molecular complexity index is 395. The molecule has 1 aromatic rings. The smallest absolute Gasteiger partial charge is 0.129 e. The van der Waals surface area contributed by atoms with Gasteiger partial charge in [0, 0.05) is 18.0 Å². The third-order valence-corrected chi connectivity index (χ3v) is 3.77. The average Bonchev–Trinajstić information content (AvgIpc) is 2.73. The third kappa shape index (κ3) is 1.73. The van der Waals surface area contributed by atoms with Crippen LogP contribution in [0.4, 0.5) is 8.78 Å². The maximum atomic E-state index is 13.8. The molecule has 0 spiro atoms. The molecule has 0 atom stereocenters. The van der Waals surface area contributed by atoms with Crippen LogP contribution in [0.15, 0.2) is 12.1 Å². The van der Waals surface area contributed by atoms with Crippen molar-refractivity contribution in [1.82, 2.24) is 0 Å². The van der Waals surface area contributed by atoms with Gasteiger partial charge in [-0.3, -0.25) is 0 Å². The molecule has 1 saturated carbocycles. The number of hydrogen-bond acceptors (Lipinski definition) is 1. The lowest BCUT2D eigenvalue weighted by Crippen LogP contribution is -2.33. The summed E-state index contributed by atoms with van der Waals surface area (Å²) in [5.74, 6) is -0.929. The Labute approximate surface area is 94.7 Å². The van der Waals surface area contributed by atoms with Gasteiger partial charge < -0.3 is 5.73 Å². The highest BCUT2D eigenvalue weighted by Gasteiger charge is 2.36. The zero-order chi connectivity index (χ0) is 11.8. The van der Waals surface area contributed by atoms with E-state index in [0.717, 1.165) is 31.7 Å². The molecule has 2 N–H and O–H groups in total. The monoisotopic (exact) mass is 225 g/mol. The van der Waals surface area contributed by atoms with Gasteiger partial charge in [0.05, 0.1) is 0 Å². The molecule has 0 radical (unpaired) electrons. The summed E-state index contributed by atoms with van der Waals surface area (Å²) in [7, 11) is 0. The summed E-state index contributed by atoms with van der Waals surface area (Å²) in [6.07, 6.45) is 3.97. The second-order valence-electron chi connectivity index (χ2n) is 4.77. The quantitative estimate of drug-likeness (QED) is 0.822. The predicted octanol–water partition coefficient (Wildman–Crippen LogP) is 3.04. The van der Waals surface area contributed by atoms with Gasteiger partial charge >= 0.3 is 0 Å². The van der Waals surface area contributed by atoms with Crippen LogP contribution in [0.3, 0.4) is 0 Å². The fourth-order valence-electron chi connectivity index (χ4n) is 2.70. The summed E-state index contributed by atoms with van der Waals surface area (Å²) in [5.41, 5.74) is 6.64. The second kappa shape index (κ2) is 4.13. The first-order chi connectivity index (χ1) is 7.59. The molecule has 1 aliphatic rings. The van der Waals surface area contributed by atoms with Crippen LogP contribution in [0.1, 0.15) is 36.8 Å². The summed E-state index contributed by atoms with van der Waals surface area (Å²) >= 11 is 0. The van der Waals surface area contributed by atoms with Crippen LogP contribution in [-0.4, -0.2) is 6.54 Å². The Balaban J connectivity index is 2.50. The average molecular weight is 225 g/mol. The van der Waals surface area contributed by atoms with E-state index in [-0.39, 0.29) is 5.41 Å². The minimum Gasteiger partial charge on any atom is -0.330 e. The van der Waals surface area contributed by atoms with Crippen molar-refractivity contribution in [1.29, 1.82) is 0 Å². The van der Waals surface area contributed by atoms with Crippen LogP contribution in [-0.2, 0) is 5.41 Å². The molecule has 2 rings (SSSR count). The van der Waals surface area contributed by atoms with E-state index < -0.39 is 11.6 Å². The van der Waals surface area contributed by atoms with E-state index in [1.54, 1.807) is 13.0 Å². The molecule has 3 heteroatoms. The van der Waals surface area contributed by atoms with Crippen molar-refractivity contribution in [2.75, 3.05) is 6.54 Å². The lowest BCUT2D eigenvalue weighted by atomic mass is 9.78. The first-order valence-corrected chi connectivity index (χ1v) is 5.75. The Morgan fingerprint density at radius 2 is 1.81 bits per heavy atom. The molecule has 1 fully saturated rings. The minimum atomic E-state index is -0.480. The molecule has 0 bridgehead atoms. The van der Waals surface area contributed by atoms with Gasteiger partial charge in [-0.2, -0.15) is 0 Å². The first kappa shape index (κ1) is 11.5. The fourth-order valence-corrected chi connectivity index (χ4v) is 2.70. The van der Waals surface area contributed by atoms with Gasteiger partial charge in [-0.1, -0.05) is 12.8 Å². The van der Waals surface area contributed by atoms with Gasteiger partial charge in [-0.15, -0.1) is 0 Å². The molecule has 16 heavy (non-hydrogen) atoms. The van der Waals surface area contributed by atoms with Crippen molar-refractivity contribution < 1.29 is 8.78 Å². The van der Waals surface area contributed by atoms with E-state index in [9.17, 15) is 8.78 Å². The van der Waals surface area contributed by atoms with E-state index in [0.29, 0.717) is 17.7 Å². The van der Waals surface area contributed by atoms with E-state index >= 15 is 0 Å².